The maximum atomic E-state index is 12.9. The Hall–Kier alpha value is -3.39. The molecule has 2 aromatic heterocycles. The number of benzene rings is 1. The molecule has 0 bridgehead atoms. The first-order valence-electron chi connectivity index (χ1n) is 11.1. The van der Waals surface area contributed by atoms with Crippen molar-refractivity contribution in [1.82, 2.24) is 19.6 Å². The molecule has 8 nitrogen and oxygen atoms in total. The second-order valence-corrected chi connectivity index (χ2v) is 8.41. The number of likely N-dealkylation sites (tertiary alicyclic amines) is 1. The molecule has 0 unspecified atom stereocenters. The largest absolute Gasteiger partial charge is 0.352 e. The smallest absolute Gasteiger partial charge is 0.312 e. The third-order valence-electron chi connectivity index (χ3n) is 6.42. The molecule has 0 saturated carbocycles. The van der Waals surface area contributed by atoms with E-state index in [4.69, 9.17) is 16.5 Å². The number of piperidine rings is 1. The predicted octanol–water partition coefficient (Wildman–Crippen LogP) is 2.02. The third-order valence-corrected chi connectivity index (χ3v) is 6.42. The van der Waals surface area contributed by atoms with E-state index in [2.05, 4.69) is 35.8 Å². The Bertz CT molecular complexity index is 1040. The number of nitrogens with two attached hydrogens (primary N) is 2. The van der Waals surface area contributed by atoms with E-state index < -0.39 is 12.1 Å². The molecule has 1 atom stereocenters. The van der Waals surface area contributed by atoms with Crippen LogP contribution < -0.4 is 16.8 Å². The van der Waals surface area contributed by atoms with E-state index in [1.54, 1.807) is 0 Å². The van der Waals surface area contributed by atoms with Gasteiger partial charge in [-0.25, -0.2) is 9.78 Å². The number of primary amides is 1. The molecular formula is C24H30N6O2. The highest BCUT2D eigenvalue weighted by Crippen LogP contribution is 2.41. The summed E-state index contributed by atoms with van der Waals surface area (Å²) in [5.74, 6) is -0.0410. The summed E-state index contributed by atoms with van der Waals surface area (Å²) in [5.41, 5.74) is 14.1. The zero-order valence-electron chi connectivity index (χ0n) is 18.1. The van der Waals surface area contributed by atoms with Crippen LogP contribution in [0.5, 0.6) is 0 Å². The predicted molar refractivity (Wildman–Crippen MR) is 123 cm³/mol. The number of pyridine rings is 1. The summed E-state index contributed by atoms with van der Waals surface area (Å²) in [6.45, 7) is 1.66. The Labute approximate surface area is 187 Å². The number of nitrogens with zero attached hydrogens (tertiary/aromatic N) is 3. The number of aromatic nitrogens is 2. The topological polar surface area (TPSA) is 119 Å². The summed E-state index contributed by atoms with van der Waals surface area (Å²) in [6.07, 6.45) is 6.79. The third kappa shape index (κ3) is 4.45. The fraction of sp³-hybridized carbons (Fsp3) is 0.375. The first-order valence-corrected chi connectivity index (χ1v) is 11.1. The van der Waals surface area contributed by atoms with Crippen LogP contribution in [-0.4, -0.2) is 51.9 Å². The second kappa shape index (κ2) is 9.40. The lowest BCUT2D eigenvalue weighted by Crippen LogP contribution is -2.51. The van der Waals surface area contributed by atoms with Gasteiger partial charge >= 0.3 is 6.03 Å². The van der Waals surface area contributed by atoms with Crippen LogP contribution in [0.3, 0.4) is 0 Å². The molecule has 8 heteroatoms. The maximum Gasteiger partial charge on any atom is 0.312 e. The lowest BCUT2D eigenvalue weighted by molar-refractivity contribution is -0.134. The Morgan fingerprint density at radius 1 is 1.09 bits per heavy atom. The van der Waals surface area contributed by atoms with Crippen molar-refractivity contribution in [2.75, 3.05) is 19.6 Å². The first-order chi connectivity index (χ1) is 15.5. The molecule has 168 valence electrons. The van der Waals surface area contributed by atoms with Crippen LogP contribution in [0.25, 0.3) is 5.65 Å². The van der Waals surface area contributed by atoms with Gasteiger partial charge in [0.1, 0.15) is 5.65 Å². The van der Waals surface area contributed by atoms with Crippen LogP contribution in [0.1, 0.15) is 36.9 Å². The van der Waals surface area contributed by atoms with Crippen LogP contribution in [0.15, 0.2) is 60.9 Å². The zero-order valence-corrected chi connectivity index (χ0v) is 18.1. The highest BCUT2D eigenvalue weighted by molar-refractivity contribution is 5.81. The van der Waals surface area contributed by atoms with Crippen molar-refractivity contribution >= 4 is 17.6 Å². The Balaban J connectivity index is 1.49. The lowest BCUT2D eigenvalue weighted by atomic mass is 9.70. The Morgan fingerprint density at radius 3 is 2.50 bits per heavy atom. The van der Waals surface area contributed by atoms with E-state index in [0.717, 1.165) is 24.2 Å². The molecule has 3 heterocycles. The minimum absolute atomic E-state index is 0.0410. The van der Waals surface area contributed by atoms with Crippen molar-refractivity contribution in [3.8, 4) is 0 Å². The molecule has 3 aromatic rings. The average Bonchev–Trinajstić information content (AvgIpc) is 3.26. The van der Waals surface area contributed by atoms with Crippen LogP contribution >= 0.6 is 0 Å². The molecule has 0 aliphatic carbocycles. The molecule has 0 radical (unpaired) electrons. The van der Waals surface area contributed by atoms with Gasteiger partial charge in [-0.1, -0.05) is 36.4 Å². The second-order valence-electron chi connectivity index (χ2n) is 8.41. The van der Waals surface area contributed by atoms with Gasteiger partial charge in [-0.3, -0.25) is 4.79 Å². The van der Waals surface area contributed by atoms with Crippen LogP contribution in [0.4, 0.5) is 4.79 Å². The van der Waals surface area contributed by atoms with E-state index in [1.165, 1.54) is 5.56 Å². The molecule has 32 heavy (non-hydrogen) atoms. The highest BCUT2D eigenvalue weighted by atomic mass is 16.2. The van der Waals surface area contributed by atoms with Gasteiger partial charge in [0.25, 0.3) is 0 Å². The van der Waals surface area contributed by atoms with E-state index >= 15 is 0 Å². The lowest BCUT2D eigenvalue weighted by Gasteiger charge is -2.42. The summed E-state index contributed by atoms with van der Waals surface area (Å²) < 4.78 is 2.05. The van der Waals surface area contributed by atoms with Crippen molar-refractivity contribution in [1.29, 1.82) is 0 Å². The summed E-state index contributed by atoms with van der Waals surface area (Å²) in [5, 5.41) is 2.53. The number of fused-ring (bicyclic) bond motifs is 1. The van der Waals surface area contributed by atoms with Crippen LogP contribution in [0.2, 0.25) is 0 Å². The van der Waals surface area contributed by atoms with Crippen molar-refractivity contribution in [3.05, 3.63) is 72.2 Å². The maximum absolute atomic E-state index is 12.9. The number of imidazole rings is 1. The normalized spacial score (nSPS) is 16.6. The minimum atomic E-state index is -0.580. The molecule has 0 spiro atoms. The molecule has 3 amide bonds. The molecular weight excluding hydrogens is 404 g/mol. The zero-order chi connectivity index (χ0) is 22.6. The van der Waals surface area contributed by atoms with Crippen molar-refractivity contribution < 1.29 is 9.59 Å². The van der Waals surface area contributed by atoms with Gasteiger partial charge in [-0.2, -0.15) is 0 Å². The van der Waals surface area contributed by atoms with Gasteiger partial charge in [-0.15, -0.1) is 0 Å². The fourth-order valence-corrected chi connectivity index (χ4v) is 4.62. The molecule has 1 saturated heterocycles. The number of hydrogen-bond acceptors (Lipinski definition) is 4. The van der Waals surface area contributed by atoms with E-state index in [9.17, 15) is 9.59 Å². The van der Waals surface area contributed by atoms with Gasteiger partial charge < -0.3 is 26.1 Å². The average molecular weight is 435 g/mol. The molecule has 4 rings (SSSR count). The monoisotopic (exact) mass is 434 g/mol. The van der Waals surface area contributed by atoms with Gasteiger partial charge in [0.15, 0.2) is 0 Å². The highest BCUT2D eigenvalue weighted by Gasteiger charge is 2.41. The van der Waals surface area contributed by atoms with Crippen molar-refractivity contribution in [2.45, 2.75) is 37.1 Å². The fourth-order valence-electron chi connectivity index (χ4n) is 4.62. The van der Waals surface area contributed by atoms with E-state index in [-0.39, 0.29) is 11.3 Å². The summed E-state index contributed by atoms with van der Waals surface area (Å²) in [7, 11) is 0. The number of rotatable bonds is 7. The molecule has 1 aromatic carbocycles. The molecule has 5 N–H and O–H groups in total. The van der Waals surface area contributed by atoms with E-state index in [1.807, 2.05) is 39.8 Å². The Morgan fingerprint density at radius 2 is 1.81 bits per heavy atom. The van der Waals surface area contributed by atoms with Gasteiger partial charge in [0.05, 0.1) is 11.7 Å². The number of nitrogens with one attached hydrogen (secondary N) is 1. The number of amides is 3. The SMILES string of the molecule is NC(=O)NCCC[C@H](N)C(=O)N1CCC(c2ccccc2)(c2cn3ccccc3n2)CC1. The van der Waals surface area contributed by atoms with Crippen molar-refractivity contribution in [3.63, 3.8) is 0 Å². The van der Waals surface area contributed by atoms with Crippen LogP contribution in [0, 0.1) is 0 Å². The first kappa shape index (κ1) is 21.8. The number of carbonyl (C=O) groups is 2. The molecule has 1 fully saturated rings. The molecule has 1 aliphatic heterocycles. The van der Waals surface area contributed by atoms with Gasteiger partial charge in [0.2, 0.25) is 5.91 Å². The van der Waals surface area contributed by atoms with Crippen molar-refractivity contribution in [2.24, 2.45) is 11.5 Å². The minimum Gasteiger partial charge on any atom is -0.352 e. The summed E-state index contributed by atoms with van der Waals surface area (Å²) in [6, 6.07) is 15.3. The molecule has 1 aliphatic rings. The summed E-state index contributed by atoms with van der Waals surface area (Å²) in [4.78, 5) is 30.5. The quantitative estimate of drug-likeness (QED) is 0.493. The Kier molecular flexibility index (Phi) is 6.41. The summed E-state index contributed by atoms with van der Waals surface area (Å²) >= 11 is 0. The van der Waals surface area contributed by atoms with E-state index in [0.29, 0.717) is 32.5 Å². The van der Waals surface area contributed by atoms with Gasteiger partial charge in [0, 0.05) is 37.4 Å². The number of hydrogen-bond donors (Lipinski definition) is 3. The van der Waals surface area contributed by atoms with Gasteiger partial charge in [-0.05, 0) is 43.4 Å². The standard InChI is InChI=1S/C24H30N6O2/c25-19(9-6-13-27-23(26)32)22(31)29-15-11-24(12-16-29,18-7-2-1-3-8-18)20-17-30-14-5-4-10-21(30)28-20/h1-5,7-8,10,14,17,19H,6,9,11-13,15-16,25H2,(H3,26,27,32)/t19-/m0/s1. The number of urea groups is 1. The number of carbonyl (C=O) groups excluding carboxylic acids is 2. The van der Waals surface area contributed by atoms with Crippen LogP contribution in [-0.2, 0) is 10.2 Å².